The van der Waals surface area contributed by atoms with Gasteiger partial charge in [-0.15, -0.1) is 0 Å². The van der Waals surface area contributed by atoms with Crippen molar-refractivity contribution in [2.75, 3.05) is 33.0 Å². The van der Waals surface area contributed by atoms with E-state index in [1.165, 1.54) is 0 Å². The Kier molecular flexibility index (Phi) is 4.19. The zero-order chi connectivity index (χ0) is 11.4. The minimum absolute atomic E-state index is 0.160. The van der Waals surface area contributed by atoms with E-state index in [0.717, 1.165) is 45.6 Å². The lowest BCUT2D eigenvalue weighted by Gasteiger charge is -2.35. The Balaban J connectivity index is 1.82. The number of nitrogens with one attached hydrogen (secondary N) is 1. The van der Waals surface area contributed by atoms with Crippen LogP contribution < -0.4 is 5.32 Å². The van der Waals surface area contributed by atoms with E-state index in [1.807, 2.05) is 0 Å². The van der Waals surface area contributed by atoms with Crippen molar-refractivity contribution in [2.24, 2.45) is 5.92 Å². The minimum atomic E-state index is -0.220. The van der Waals surface area contributed by atoms with Crippen LogP contribution in [0.15, 0.2) is 0 Å². The molecule has 3 unspecified atom stereocenters. The van der Waals surface area contributed by atoms with Gasteiger partial charge >= 0.3 is 0 Å². The number of aliphatic hydroxyl groups is 1. The molecule has 0 spiro atoms. The fraction of sp³-hybridized carbons (Fsp3) is 1.00. The first-order valence-electron chi connectivity index (χ1n) is 6.30. The Morgan fingerprint density at radius 2 is 2.25 bits per heavy atom. The molecule has 0 aromatic carbocycles. The molecule has 94 valence electrons. The number of aliphatic hydroxyl groups excluding tert-OH is 1. The highest BCUT2D eigenvalue weighted by atomic mass is 16.5. The van der Waals surface area contributed by atoms with Gasteiger partial charge in [-0.2, -0.15) is 0 Å². The summed E-state index contributed by atoms with van der Waals surface area (Å²) in [5.41, 5.74) is -0.220. The standard InChI is InChI=1S/C12H23NO3/c1-12(9-14,10-4-6-15-8-10)13-7-11-3-2-5-16-11/h10-11,13-14H,2-9H2,1H3. The van der Waals surface area contributed by atoms with Crippen LogP contribution in [0.3, 0.4) is 0 Å². The Morgan fingerprint density at radius 1 is 1.38 bits per heavy atom. The lowest BCUT2D eigenvalue weighted by molar-refractivity contribution is 0.0673. The second kappa shape index (κ2) is 5.45. The molecule has 0 aromatic rings. The summed E-state index contributed by atoms with van der Waals surface area (Å²) in [6, 6.07) is 0. The quantitative estimate of drug-likeness (QED) is 0.722. The Morgan fingerprint density at radius 3 is 2.81 bits per heavy atom. The summed E-state index contributed by atoms with van der Waals surface area (Å²) >= 11 is 0. The van der Waals surface area contributed by atoms with Crippen LogP contribution in [0.2, 0.25) is 0 Å². The molecule has 3 atom stereocenters. The molecular weight excluding hydrogens is 206 g/mol. The first kappa shape index (κ1) is 12.3. The van der Waals surface area contributed by atoms with Crippen LogP contribution in [0.1, 0.15) is 26.2 Å². The number of hydrogen-bond donors (Lipinski definition) is 2. The number of hydrogen-bond acceptors (Lipinski definition) is 4. The highest BCUT2D eigenvalue weighted by Crippen LogP contribution is 2.26. The largest absolute Gasteiger partial charge is 0.394 e. The molecule has 0 radical (unpaired) electrons. The molecule has 2 aliphatic heterocycles. The van der Waals surface area contributed by atoms with Crippen molar-refractivity contribution in [3.8, 4) is 0 Å². The lowest BCUT2D eigenvalue weighted by Crippen LogP contribution is -2.54. The number of rotatable bonds is 5. The van der Waals surface area contributed by atoms with E-state index in [-0.39, 0.29) is 12.1 Å². The maximum Gasteiger partial charge on any atom is 0.0700 e. The van der Waals surface area contributed by atoms with Crippen molar-refractivity contribution >= 4 is 0 Å². The fourth-order valence-corrected chi connectivity index (χ4v) is 2.52. The third-order valence-corrected chi connectivity index (χ3v) is 3.92. The van der Waals surface area contributed by atoms with Gasteiger partial charge in [-0.3, -0.25) is 0 Å². The second-order valence-electron chi connectivity index (χ2n) is 5.15. The highest BCUT2D eigenvalue weighted by Gasteiger charge is 2.36. The van der Waals surface area contributed by atoms with Gasteiger partial charge in [0.1, 0.15) is 0 Å². The molecule has 2 rings (SSSR count). The summed E-state index contributed by atoms with van der Waals surface area (Å²) in [7, 11) is 0. The van der Waals surface area contributed by atoms with E-state index in [2.05, 4.69) is 12.2 Å². The highest BCUT2D eigenvalue weighted by molar-refractivity contribution is 4.92. The van der Waals surface area contributed by atoms with Gasteiger partial charge in [0.2, 0.25) is 0 Å². The summed E-state index contributed by atoms with van der Waals surface area (Å²) in [6.45, 7) is 5.55. The number of ether oxygens (including phenoxy) is 2. The first-order chi connectivity index (χ1) is 7.74. The van der Waals surface area contributed by atoms with Gasteiger partial charge in [0.05, 0.1) is 19.3 Å². The SMILES string of the molecule is CC(CO)(NCC1CCCO1)C1CCOC1. The van der Waals surface area contributed by atoms with Crippen LogP contribution in [0.25, 0.3) is 0 Å². The molecule has 0 saturated carbocycles. The summed E-state index contributed by atoms with van der Waals surface area (Å²) < 4.78 is 11.0. The van der Waals surface area contributed by atoms with Crippen molar-refractivity contribution in [3.05, 3.63) is 0 Å². The third-order valence-electron chi connectivity index (χ3n) is 3.92. The lowest BCUT2D eigenvalue weighted by atomic mass is 9.85. The van der Waals surface area contributed by atoms with E-state index in [1.54, 1.807) is 0 Å². The van der Waals surface area contributed by atoms with Crippen molar-refractivity contribution in [3.63, 3.8) is 0 Å². The van der Waals surface area contributed by atoms with Crippen LogP contribution in [-0.4, -0.2) is 49.7 Å². The topological polar surface area (TPSA) is 50.7 Å². The molecule has 0 bridgehead atoms. The average molecular weight is 229 g/mol. The van der Waals surface area contributed by atoms with Crippen molar-refractivity contribution < 1.29 is 14.6 Å². The zero-order valence-corrected chi connectivity index (χ0v) is 10.1. The molecule has 4 nitrogen and oxygen atoms in total. The van der Waals surface area contributed by atoms with E-state index in [0.29, 0.717) is 12.0 Å². The van der Waals surface area contributed by atoms with Crippen molar-refractivity contribution in [2.45, 2.75) is 37.8 Å². The molecule has 2 heterocycles. The van der Waals surface area contributed by atoms with Crippen LogP contribution in [-0.2, 0) is 9.47 Å². The van der Waals surface area contributed by atoms with Gasteiger partial charge in [-0.25, -0.2) is 0 Å². The third kappa shape index (κ3) is 2.74. The second-order valence-corrected chi connectivity index (χ2v) is 5.15. The van der Waals surface area contributed by atoms with Crippen molar-refractivity contribution in [1.29, 1.82) is 0 Å². The van der Waals surface area contributed by atoms with Gasteiger partial charge in [0.15, 0.2) is 0 Å². The van der Waals surface area contributed by atoms with E-state index in [9.17, 15) is 5.11 Å². The predicted octanol–water partition coefficient (Wildman–Crippen LogP) is 0.542. The average Bonchev–Trinajstić information content (AvgIpc) is 2.98. The van der Waals surface area contributed by atoms with Gasteiger partial charge in [-0.05, 0) is 26.2 Å². The van der Waals surface area contributed by atoms with E-state index < -0.39 is 0 Å². The molecule has 16 heavy (non-hydrogen) atoms. The minimum Gasteiger partial charge on any atom is -0.394 e. The van der Waals surface area contributed by atoms with Crippen molar-refractivity contribution in [1.82, 2.24) is 5.32 Å². The molecule has 2 aliphatic rings. The van der Waals surface area contributed by atoms with Crippen LogP contribution >= 0.6 is 0 Å². The molecule has 0 aliphatic carbocycles. The molecule has 4 heteroatoms. The first-order valence-corrected chi connectivity index (χ1v) is 6.30. The van der Waals surface area contributed by atoms with E-state index in [4.69, 9.17) is 9.47 Å². The van der Waals surface area contributed by atoms with E-state index >= 15 is 0 Å². The maximum absolute atomic E-state index is 9.56. The van der Waals surface area contributed by atoms with Crippen LogP contribution in [0.4, 0.5) is 0 Å². The Hall–Kier alpha value is -0.160. The van der Waals surface area contributed by atoms with Crippen LogP contribution in [0.5, 0.6) is 0 Å². The normalized spacial score (nSPS) is 34.1. The zero-order valence-electron chi connectivity index (χ0n) is 10.1. The molecular formula is C12H23NO3. The van der Waals surface area contributed by atoms with Gasteiger partial charge < -0.3 is 19.9 Å². The Labute approximate surface area is 97.3 Å². The fourth-order valence-electron chi connectivity index (χ4n) is 2.52. The smallest absolute Gasteiger partial charge is 0.0700 e. The molecule has 2 N–H and O–H groups in total. The van der Waals surface area contributed by atoms with Gasteiger partial charge in [0, 0.05) is 31.2 Å². The van der Waals surface area contributed by atoms with Gasteiger partial charge in [-0.1, -0.05) is 0 Å². The summed E-state index contributed by atoms with van der Waals surface area (Å²) in [5.74, 6) is 0.416. The molecule has 2 saturated heterocycles. The Bertz CT molecular complexity index is 212. The summed E-state index contributed by atoms with van der Waals surface area (Å²) in [5, 5.41) is 13.0. The molecule has 0 amide bonds. The maximum atomic E-state index is 9.56. The molecule has 0 aromatic heterocycles. The summed E-state index contributed by atoms with van der Waals surface area (Å²) in [4.78, 5) is 0. The van der Waals surface area contributed by atoms with Crippen LogP contribution in [0, 0.1) is 5.92 Å². The predicted molar refractivity (Wildman–Crippen MR) is 61.4 cm³/mol. The monoisotopic (exact) mass is 229 g/mol. The summed E-state index contributed by atoms with van der Waals surface area (Å²) in [6.07, 6.45) is 3.66. The molecule has 2 fully saturated rings. The van der Waals surface area contributed by atoms with Gasteiger partial charge in [0.25, 0.3) is 0 Å².